The zero-order valence-electron chi connectivity index (χ0n) is 19.0. The van der Waals surface area contributed by atoms with Crippen LogP contribution in [-0.4, -0.2) is 24.4 Å². The molecule has 0 atom stereocenters. The number of aliphatic hydroxyl groups excluding tert-OH is 1. The lowest BCUT2D eigenvalue weighted by Crippen LogP contribution is -2.25. The van der Waals surface area contributed by atoms with Crippen LogP contribution in [0.5, 0.6) is 11.5 Å². The van der Waals surface area contributed by atoms with E-state index in [1.807, 2.05) is 12.1 Å². The van der Waals surface area contributed by atoms with E-state index in [9.17, 15) is 14.7 Å². The van der Waals surface area contributed by atoms with Crippen molar-refractivity contribution in [2.45, 2.75) is 6.10 Å². The average Bonchev–Trinajstić information content (AvgIpc) is 2.91. The lowest BCUT2D eigenvalue weighted by molar-refractivity contribution is 0.0627. The van der Waals surface area contributed by atoms with Crippen LogP contribution in [0.3, 0.4) is 0 Å². The number of ether oxygens (including phenoxy) is 2. The normalized spacial score (nSPS) is 11.6. The van der Waals surface area contributed by atoms with Gasteiger partial charge in [-0.05, 0) is 60.7 Å². The first kappa shape index (κ1) is 21.9. The highest BCUT2D eigenvalue weighted by molar-refractivity contribution is 5.91. The van der Waals surface area contributed by atoms with Crippen molar-refractivity contribution < 1.29 is 23.4 Å². The molecule has 0 aliphatic carbocycles. The Hall–Kier alpha value is -4.62. The van der Waals surface area contributed by atoms with Crippen molar-refractivity contribution in [2.75, 3.05) is 13.2 Å². The minimum atomic E-state index is -0.947. The van der Waals surface area contributed by atoms with E-state index in [-0.39, 0.29) is 24.1 Å². The molecule has 0 aliphatic heterocycles. The quantitative estimate of drug-likeness (QED) is 0.334. The molecule has 4 aromatic carbocycles. The Bertz CT molecular complexity index is 1730. The van der Waals surface area contributed by atoms with Gasteiger partial charge in [0, 0.05) is 0 Å². The van der Waals surface area contributed by atoms with Gasteiger partial charge in [0.25, 0.3) is 0 Å². The molecule has 7 nitrogen and oxygen atoms in total. The van der Waals surface area contributed by atoms with E-state index in [1.165, 1.54) is 0 Å². The van der Waals surface area contributed by atoms with Gasteiger partial charge in [0.05, 0.1) is 21.5 Å². The number of para-hydroxylation sites is 2. The van der Waals surface area contributed by atoms with Crippen LogP contribution in [-0.2, 0) is 0 Å². The fraction of sp³-hybridized carbons (Fsp3) is 0.103. The number of benzene rings is 4. The van der Waals surface area contributed by atoms with Crippen LogP contribution in [0.2, 0.25) is 0 Å². The van der Waals surface area contributed by atoms with E-state index in [4.69, 9.17) is 18.3 Å². The summed E-state index contributed by atoms with van der Waals surface area (Å²) in [5.41, 5.74) is 1.68. The molecule has 1 N–H and O–H groups in total. The Balaban J connectivity index is 1.15. The first-order valence-electron chi connectivity index (χ1n) is 11.4. The molecule has 0 amide bonds. The molecule has 6 rings (SSSR count). The third-order valence-corrected chi connectivity index (χ3v) is 5.98. The molecule has 0 bridgehead atoms. The molecule has 0 unspecified atom stereocenters. The summed E-state index contributed by atoms with van der Waals surface area (Å²) < 4.78 is 23.0. The molecule has 0 aliphatic rings. The van der Waals surface area contributed by atoms with Crippen LogP contribution < -0.4 is 20.3 Å². The molecule has 7 heteroatoms. The standard InChI is InChI=1S/C29H20O7/c30-17(15-33-18-9-11-26-22(13-18)28(31)20-5-1-3-7-24(20)35-26)16-34-19-10-12-27-23(14-19)29(32)21-6-2-4-8-25(21)36-27/h1-14,17,30H,15-16H2. The van der Waals surface area contributed by atoms with Gasteiger partial charge in [-0.1, -0.05) is 24.3 Å². The fourth-order valence-electron chi connectivity index (χ4n) is 4.18. The molecule has 0 radical (unpaired) electrons. The van der Waals surface area contributed by atoms with Crippen LogP contribution in [0, 0.1) is 0 Å². The maximum atomic E-state index is 12.8. The van der Waals surface area contributed by atoms with Gasteiger partial charge in [-0.15, -0.1) is 0 Å². The van der Waals surface area contributed by atoms with Gasteiger partial charge in [0.1, 0.15) is 53.1 Å². The molecular weight excluding hydrogens is 460 g/mol. The van der Waals surface area contributed by atoms with Gasteiger partial charge in [0.2, 0.25) is 10.9 Å². The first-order chi connectivity index (χ1) is 17.6. The molecular formula is C29H20O7. The molecule has 2 aromatic heterocycles. The smallest absolute Gasteiger partial charge is 0.200 e. The summed E-state index contributed by atoms with van der Waals surface area (Å²) in [5, 5.41) is 12.2. The Kier molecular flexibility index (Phi) is 5.39. The van der Waals surface area contributed by atoms with Gasteiger partial charge in [-0.3, -0.25) is 9.59 Å². The van der Waals surface area contributed by atoms with E-state index < -0.39 is 6.10 Å². The summed E-state index contributed by atoms with van der Waals surface area (Å²) in [6.45, 7) is -0.102. The number of hydrogen-bond donors (Lipinski definition) is 1. The maximum Gasteiger partial charge on any atom is 0.200 e. The Morgan fingerprint density at radius 1 is 0.583 bits per heavy atom. The van der Waals surface area contributed by atoms with Crippen molar-refractivity contribution in [3.63, 3.8) is 0 Å². The van der Waals surface area contributed by atoms with Crippen molar-refractivity contribution in [3.8, 4) is 11.5 Å². The summed E-state index contributed by atoms with van der Waals surface area (Å²) >= 11 is 0. The molecule has 178 valence electrons. The highest BCUT2D eigenvalue weighted by atomic mass is 16.5. The van der Waals surface area contributed by atoms with Crippen molar-refractivity contribution in [1.82, 2.24) is 0 Å². The van der Waals surface area contributed by atoms with Gasteiger partial charge < -0.3 is 23.4 Å². The maximum absolute atomic E-state index is 12.8. The highest BCUT2D eigenvalue weighted by Gasteiger charge is 2.12. The van der Waals surface area contributed by atoms with Crippen molar-refractivity contribution in [2.24, 2.45) is 0 Å². The average molecular weight is 480 g/mol. The van der Waals surface area contributed by atoms with E-state index in [1.54, 1.807) is 72.8 Å². The summed E-state index contributed by atoms with van der Waals surface area (Å²) in [6.07, 6.45) is -0.947. The van der Waals surface area contributed by atoms with Crippen LogP contribution in [0.15, 0.2) is 103 Å². The van der Waals surface area contributed by atoms with Gasteiger partial charge in [0.15, 0.2) is 0 Å². The molecule has 2 heterocycles. The van der Waals surface area contributed by atoms with E-state index in [0.717, 1.165) is 0 Å². The predicted molar refractivity (Wildman–Crippen MR) is 137 cm³/mol. The van der Waals surface area contributed by atoms with Crippen molar-refractivity contribution in [1.29, 1.82) is 0 Å². The second kappa shape index (κ2) is 8.87. The number of aliphatic hydroxyl groups is 1. The Morgan fingerprint density at radius 2 is 1.00 bits per heavy atom. The highest BCUT2D eigenvalue weighted by Crippen LogP contribution is 2.24. The second-order valence-corrected chi connectivity index (χ2v) is 8.45. The molecule has 36 heavy (non-hydrogen) atoms. The molecule has 0 saturated carbocycles. The topological polar surface area (TPSA) is 99.1 Å². The summed E-state index contributed by atoms with van der Waals surface area (Å²) in [5.74, 6) is 0.860. The minimum Gasteiger partial charge on any atom is -0.491 e. The Morgan fingerprint density at radius 3 is 1.47 bits per heavy atom. The number of fused-ring (bicyclic) bond motifs is 4. The minimum absolute atomic E-state index is 0.0508. The summed E-state index contributed by atoms with van der Waals surface area (Å²) in [7, 11) is 0. The third-order valence-electron chi connectivity index (χ3n) is 5.98. The fourth-order valence-corrected chi connectivity index (χ4v) is 4.18. The van der Waals surface area contributed by atoms with Gasteiger partial charge in [-0.25, -0.2) is 0 Å². The van der Waals surface area contributed by atoms with E-state index >= 15 is 0 Å². The largest absolute Gasteiger partial charge is 0.491 e. The summed E-state index contributed by atoms with van der Waals surface area (Å²) in [4.78, 5) is 25.6. The first-order valence-corrected chi connectivity index (χ1v) is 11.4. The lowest BCUT2D eigenvalue weighted by Gasteiger charge is -2.14. The third kappa shape index (κ3) is 3.95. The predicted octanol–water partition coefficient (Wildman–Crippen LogP) is 5.02. The van der Waals surface area contributed by atoms with Crippen LogP contribution in [0.4, 0.5) is 0 Å². The molecule has 0 spiro atoms. The Labute approximate surface area is 203 Å². The second-order valence-electron chi connectivity index (χ2n) is 8.45. The van der Waals surface area contributed by atoms with E-state index in [0.29, 0.717) is 55.4 Å². The lowest BCUT2D eigenvalue weighted by atomic mass is 10.1. The SMILES string of the molecule is O=c1c2ccccc2oc2ccc(OCC(O)COc3ccc4oc5ccccc5c(=O)c4c3)cc12. The van der Waals surface area contributed by atoms with Crippen molar-refractivity contribution in [3.05, 3.63) is 105 Å². The van der Waals surface area contributed by atoms with Crippen LogP contribution >= 0.6 is 0 Å². The van der Waals surface area contributed by atoms with Crippen LogP contribution in [0.1, 0.15) is 0 Å². The molecule has 6 aromatic rings. The van der Waals surface area contributed by atoms with E-state index in [2.05, 4.69) is 0 Å². The van der Waals surface area contributed by atoms with Gasteiger partial charge in [-0.2, -0.15) is 0 Å². The molecule has 0 fully saturated rings. The zero-order valence-corrected chi connectivity index (χ0v) is 19.0. The monoisotopic (exact) mass is 480 g/mol. The summed E-state index contributed by atoms with van der Waals surface area (Å²) in [6, 6.07) is 24.0. The number of hydrogen-bond acceptors (Lipinski definition) is 7. The zero-order chi connectivity index (χ0) is 24.6. The molecule has 0 saturated heterocycles. The van der Waals surface area contributed by atoms with Crippen molar-refractivity contribution >= 4 is 43.9 Å². The number of rotatable bonds is 6. The van der Waals surface area contributed by atoms with Crippen LogP contribution in [0.25, 0.3) is 43.9 Å². The van der Waals surface area contributed by atoms with Gasteiger partial charge >= 0.3 is 0 Å².